The SMILES string of the molecule is CC.CN=C(/C=C(\C)Cl)c1nn(C)c(=O)o1. The molecule has 0 radical (unpaired) electrons. The minimum atomic E-state index is -0.526. The number of nitrogens with zero attached hydrogens (tertiary/aromatic N) is 3. The van der Waals surface area contributed by atoms with Gasteiger partial charge in [0.1, 0.15) is 5.71 Å². The van der Waals surface area contributed by atoms with Crippen LogP contribution in [-0.4, -0.2) is 22.5 Å². The highest BCUT2D eigenvalue weighted by Crippen LogP contribution is 2.03. The van der Waals surface area contributed by atoms with Gasteiger partial charge in [0.2, 0.25) is 0 Å². The number of hydrogen-bond donors (Lipinski definition) is 0. The van der Waals surface area contributed by atoms with Crippen molar-refractivity contribution in [1.82, 2.24) is 9.78 Å². The Morgan fingerprint density at radius 1 is 1.56 bits per heavy atom. The number of allylic oxidation sites excluding steroid dienone is 2. The van der Waals surface area contributed by atoms with Gasteiger partial charge in [-0.25, -0.2) is 4.79 Å². The molecule has 1 rings (SSSR count). The molecule has 0 aromatic carbocycles. The van der Waals surface area contributed by atoms with Crippen LogP contribution in [0.5, 0.6) is 0 Å². The summed E-state index contributed by atoms with van der Waals surface area (Å²) < 4.78 is 5.93. The Labute approximate surface area is 99.4 Å². The fraction of sp³-hybridized carbons (Fsp3) is 0.500. The first-order valence-electron chi connectivity index (χ1n) is 4.89. The van der Waals surface area contributed by atoms with E-state index in [-0.39, 0.29) is 5.89 Å². The monoisotopic (exact) mass is 245 g/mol. The lowest BCUT2D eigenvalue weighted by Crippen LogP contribution is -2.09. The van der Waals surface area contributed by atoms with E-state index >= 15 is 0 Å². The number of halogens is 1. The number of aryl methyl sites for hydroxylation is 1. The van der Waals surface area contributed by atoms with Gasteiger partial charge in [-0.15, -0.1) is 5.10 Å². The minimum absolute atomic E-state index is 0.167. The van der Waals surface area contributed by atoms with Crippen molar-refractivity contribution in [3.05, 3.63) is 27.5 Å². The highest BCUT2D eigenvalue weighted by molar-refractivity contribution is 6.31. The molecule has 90 valence electrons. The fourth-order valence-corrected chi connectivity index (χ4v) is 0.963. The van der Waals surface area contributed by atoms with Crippen LogP contribution in [0.1, 0.15) is 26.7 Å². The van der Waals surface area contributed by atoms with Crippen LogP contribution in [-0.2, 0) is 7.05 Å². The highest BCUT2D eigenvalue weighted by Gasteiger charge is 2.09. The van der Waals surface area contributed by atoms with E-state index in [4.69, 9.17) is 16.0 Å². The van der Waals surface area contributed by atoms with Crippen LogP contribution in [0.25, 0.3) is 0 Å². The van der Waals surface area contributed by atoms with Crippen LogP contribution in [0, 0.1) is 0 Å². The molecule has 0 amide bonds. The van der Waals surface area contributed by atoms with Gasteiger partial charge in [-0.3, -0.25) is 4.99 Å². The van der Waals surface area contributed by atoms with Crippen molar-refractivity contribution in [1.29, 1.82) is 0 Å². The second-order valence-electron chi connectivity index (χ2n) is 2.64. The molecule has 1 aromatic rings. The van der Waals surface area contributed by atoms with Crippen LogP contribution >= 0.6 is 11.6 Å². The zero-order valence-electron chi connectivity index (χ0n) is 10.1. The lowest BCUT2D eigenvalue weighted by Gasteiger charge is -1.92. The predicted molar refractivity (Wildman–Crippen MR) is 65.2 cm³/mol. The number of aliphatic imine (C=N–C) groups is 1. The number of rotatable bonds is 2. The van der Waals surface area contributed by atoms with Gasteiger partial charge in [0.25, 0.3) is 5.89 Å². The van der Waals surface area contributed by atoms with Crippen molar-refractivity contribution in [2.45, 2.75) is 20.8 Å². The van der Waals surface area contributed by atoms with E-state index in [1.165, 1.54) is 7.05 Å². The van der Waals surface area contributed by atoms with E-state index in [0.717, 1.165) is 4.68 Å². The Kier molecular flexibility index (Phi) is 6.41. The molecule has 1 heterocycles. The number of hydrogen-bond acceptors (Lipinski definition) is 4. The first-order chi connectivity index (χ1) is 7.54. The molecule has 6 heteroatoms. The molecule has 1 aromatic heterocycles. The maximum atomic E-state index is 11.0. The van der Waals surface area contributed by atoms with Gasteiger partial charge in [-0.1, -0.05) is 25.4 Å². The van der Waals surface area contributed by atoms with E-state index in [1.54, 1.807) is 20.0 Å². The van der Waals surface area contributed by atoms with Crippen LogP contribution < -0.4 is 5.76 Å². The zero-order valence-corrected chi connectivity index (χ0v) is 10.9. The third-order valence-corrected chi connectivity index (χ3v) is 1.59. The molecule has 0 N–H and O–H groups in total. The molecule has 0 fully saturated rings. The summed E-state index contributed by atoms with van der Waals surface area (Å²) in [6.45, 7) is 5.70. The van der Waals surface area contributed by atoms with Crippen molar-refractivity contribution < 1.29 is 4.42 Å². The largest absolute Gasteiger partial charge is 0.437 e. The number of aromatic nitrogens is 2. The molecule has 0 saturated heterocycles. The van der Waals surface area contributed by atoms with Crippen LogP contribution in [0.15, 0.2) is 25.3 Å². The summed E-state index contributed by atoms with van der Waals surface area (Å²) in [5.41, 5.74) is 0.440. The first kappa shape index (κ1) is 14.6. The Balaban J connectivity index is 0.00000106. The Morgan fingerprint density at radius 3 is 2.44 bits per heavy atom. The molecule has 0 spiro atoms. The summed E-state index contributed by atoms with van der Waals surface area (Å²) in [5, 5.41) is 4.38. The summed E-state index contributed by atoms with van der Waals surface area (Å²) in [5.74, 6) is -0.359. The smallest absolute Gasteiger partial charge is 0.386 e. The molecule has 0 aliphatic rings. The Hall–Kier alpha value is -1.36. The molecular formula is C10H16ClN3O2. The lowest BCUT2D eigenvalue weighted by molar-refractivity contribution is 0.488. The van der Waals surface area contributed by atoms with E-state index in [2.05, 4.69) is 10.1 Å². The predicted octanol–water partition coefficient (Wildman–Crippen LogP) is 1.96. The molecule has 0 aliphatic heterocycles. The topological polar surface area (TPSA) is 60.4 Å². The summed E-state index contributed by atoms with van der Waals surface area (Å²) in [6.07, 6.45) is 1.58. The standard InChI is InChI=1S/C8H10ClN3O2.C2H6/c1-5(9)4-6(10-2)7-11-12(3)8(13)14-7;1-2/h4H,1-3H3;1-2H3/b5-4+,10-6?;. The fourth-order valence-electron chi connectivity index (χ4n) is 0.860. The van der Waals surface area contributed by atoms with Crippen molar-refractivity contribution in [3.63, 3.8) is 0 Å². The van der Waals surface area contributed by atoms with E-state index in [0.29, 0.717) is 10.7 Å². The Bertz CT molecular complexity index is 439. The zero-order chi connectivity index (χ0) is 12.7. The molecular weight excluding hydrogens is 230 g/mol. The summed E-state index contributed by atoms with van der Waals surface area (Å²) in [4.78, 5) is 14.9. The van der Waals surface area contributed by atoms with E-state index < -0.39 is 5.76 Å². The molecule has 0 saturated carbocycles. The molecule has 0 unspecified atom stereocenters. The molecule has 0 atom stereocenters. The maximum Gasteiger partial charge on any atom is 0.437 e. The quantitative estimate of drug-likeness (QED) is 0.749. The van der Waals surface area contributed by atoms with E-state index in [1.807, 2.05) is 13.8 Å². The van der Waals surface area contributed by atoms with Gasteiger partial charge in [-0.05, 0) is 13.0 Å². The van der Waals surface area contributed by atoms with Crippen LogP contribution in [0.3, 0.4) is 0 Å². The van der Waals surface area contributed by atoms with Crippen LogP contribution in [0.4, 0.5) is 0 Å². The molecule has 0 bridgehead atoms. The second kappa shape index (κ2) is 7.00. The van der Waals surface area contributed by atoms with Crippen LogP contribution in [0.2, 0.25) is 0 Å². The van der Waals surface area contributed by atoms with E-state index in [9.17, 15) is 4.79 Å². The second-order valence-corrected chi connectivity index (χ2v) is 3.23. The minimum Gasteiger partial charge on any atom is -0.386 e. The molecule has 0 aliphatic carbocycles. The van der Waals surface area contributed by atoms with Gasteiger partial charge >= 0.3 is 5.76 Å². The average Bonchev–Trinajstić information content (AvgIpc) is 2.58. The van der Waals surface area contributed by atoms with Gasteiger partial charge in [0, 0.05) is 19.1 Å². The summed E-state index contributed by atoms with van der Waals surface area (Å²) in [6, 6.07) is 0. The average molecular weight is 246 g/mol. The van der Waals surface area contributed by atoms with Crippen molar-refractivity contribution >= 4 is 17.3 Å². The molecule has 5 nitrogen and oxygen atoms in total. The lowest BCUT2D eigenvalue weighted by atomic mass is 10.3. The van der Waals surface area contributed by atoms with Crippen molar-refractivity contribution in [3.8, 4) is 0 Å². The third-order valence-electron chi connectivity index (χ3n) is 1.48. The van der Waals surface area contributed by atoms with Gasteiger partial charge in [-0.2, -0.15) is 4.68 Å². The first-order valence-corrected chi connectivity index (χ1v) is 5.27. The van der Waals surface area contributed by atoms with Gasteiger partial charge in [0.15, 0.2) is 0 Å². The van der Waals surface area contributed by atoms with Crippen molar-refractivity contribution in [2.75, 3.05) is 7.05 Å². The maximum absolute atomic E-state index is 11.0. The van der Waals surface area contributed by atoms with Gasteiger partial charge < -0.3 is 4.42 Å². The normalized spacial score (nSPS) is 12.1. The van der Waals surface area contributed by atoms with Crippen molar-refractivity contribution in [2.24, 2.45) is 12.0 Å². The Morgan fingerprint density at radius 2 is 2.12 bits per heavy atom. The highest BCUT2D eigenvalue weighted by atomic mass is 35.5. The summed E-state index contributed by atoms with van der Waals surface area (Å²) in [7, 11) is 3.07. The van der Waals surface area contributed by atoms with Gasteiger partial charge in [0.05, 0.1) is 0 Å². The summed E-state index contributed by atoms with van der Waals surface area (Å²) >= 11 is 5.67. The third kappa shape index (κ3) is 4.02. The molecule has 16 heavy (non-hydrogen) atoms.